The molecule has 0 unspecified atom stereocenters. The zero-order chi connectivity index (χ0) is 20.4. The predicted octanol–water partition coefficient (Wildman–Crippen LogP) is 3.97. The summed E-state index contributed by atoms with van der Waals surface area (Å²) >= 11 is 7.78. The molecule has 1 atom stereocenters. The highest BCUT2D eigenvalue weighted by Crippen LogP contribution is 2.42. The smallest absolute Gasteiger partial charge is 0.233 e. The van der Waals surface area contributed by atoms with Crippen LogP contribution in [-0.2, 0) is 15.1 Å². The molecule has 2 heterocycles. The van der Waals surface area contributed by atoms with Gasteiger partial charge < -0.3 is 4.90 Å². The van der Waals surface area contributed by atoms with Gasteiger partial charge in [-0.3, -0.25) is 14.0 Å². The molecule has 2 aromatic heterocycles. The third-order valence-corrected chi connectivity index (χ3v) is 6.78. The van der Waals surface area contributed by atoms with Gasteiger partial charge in [-0.25, -0.2) is 0 Å². The lowest BCUT2D eigenvalue weighted by atomic mass is 9.74. The van der Waals surface area contributed by atoms with Gasteiger partial charge in [0, 0.05) is 30.3 Å². The van der Waals surface area contributed by atoms with Crippen molar-refractivity contribution >= 4 is 40.7 Å². The molecule has 1 fully saturated rings. The first kappa shape index (κ1) is 19.9. The minimum atomic E-state index is -1.01. The summed E-state index contributed by atoms with van der Waals surface area (Å²) < 4.78 is 1.84. The van der Waals surface area contributed by atoms with Crippen molar-refractivity contribution in [1.29, 1.82) is 0 Å². The Morgan fingerprint density at radius 1 is 1.21 bits per heavy atom. The van der Waals surface area contributed by atoms with Crippen LogP contribution in [0.2, 0.25) is 5.02 Å². The number of carbonyl (C=O) groups is 2. The highest BCUT2D eigenvalue weighted by Gasteiger charge is 2.47. The molecule has 150 valence electrons. The minimum Gasteiger partial charge on any atom is -0.328 e. The molecule has 8 heteroatoms. The van der Waals surface area contributed by atoms with Crippen molar-refractivity contribution in [1.82, 2.24) is 19.5 Å². The second-order valence-corrected chi connectivity index (χ2v) is 8.47. The van der Waals surface area contributed by atoms with Gasteiger partial charge in [0.15, 0.2) is 16.6 Å². The summed E-state index contributed by atoms with van der Waals surface area (Å²) in [7, 11) is 1.71. The van der Waals surface area contributed by atoms with E-state index in [0.717, 1.165) is 18.5 Å². The summed E-state index contributed by atoms with van der Waals surface area (Å²) in [6.45, 7) is 0. The molecular formula is C21H21ClN4O2S. The number of carbonyl (C=O) groups excluding carboxylic acids is 2. The Balaban J connectivity index is 1.61. The van der Waals surface area contributed by atoms with Crippen LogP contribution in [0.15, 0.2) is 53.8 Å². The number of pyridine rings is 1. The molecular weight excluding hydrogens is 408 g/mol. The average Bonchev–Trinajstić information content (AvgIpc) is 3.16. The predicted molar refractivity (Wildman–Crippen MR) is 113 cm³/mol. The summed E-state index contributed by atoms with van der Waals surface area (Å²) in [6.07, 6.45) is 4.60. The van der Waals surface area contributed by atoms with E-state index in [1.54, 1.807) is 18.0 Å². The van der Waals surface area contributed by atoms with Gasteiger partial charge in [-0.1, -0.05) is 47.6 Å². The van der Waals surface area contributed by atoms with Gasteiger partial charge >= 0.3 is 0 Å². The maximum Gasteiger partial charge on any atom is 0.233 e. The number of thioether (sulfide) groups is 1. The summed E-state index contributed by atoms with van der Waals surface area (Å²) in [5.41, 5.74) is 0.423. The fraction of sp³-hybridized carbons (Fsp3) is 0.333. The van der Waals surface area contributed by atoms with Crippen LogP contribution in [0.1, 0.15) is 31.2 Å². The molecule has 0 radical (unpaired) electrons. The van der Waals surface area contributed by atoms with Crippen molar-refractivity contribution in [2.75, 3.05) is 12.8 Å². The topological polar surface area (TPSA) is 67.6 Å². The van der Waals surface area contributed by atoms with Crippen LogP contribution in [0.5, 0.6) is 0 Å². The molecule has 1 amide bonds. The number of Topliss-reactive ketones (excluding diaryl/α,β-unsaturated/α-hetero) is 1. The number of aromatic nitrogens is 3. The standard InChI is InChI=1S/C21H21ClN4O2S/c1-25(19(28)14-29-20-24-23-18-11-5-7-13-26(18)20)21(12-6-4-10-17(21)27)15-8-2-3-9-16(15)22/h2-3,5,7-9,11,13H,4,6,10,12,14H2,1H3/t21-/m1/s1. The normalized spacial score (nSPS) is 19.4. The number of nitrogens with zero attached hydrogens (tertiary/aromatic N) is 4. The molecule has 29 heavy (non-hydrogen) atoms. The van der Waals surface area contributed by atoms with Crippen LogP contribution in [-0.4, -0.2) is 44.0 Å². The van der Waals surface area contributed by atoms with E-state index in [4.69, 9.17) is 11.6 Å². The highest BCUT2D eigenvalue weighted by atomic mass is 35.5. The number of ketones is 1. The van der Waals surface area contributed by atoms with Gasteiger partial charge in [-0.15, -0.1) is 10.2 Å². The molecule has 0 saturated heterocycles. The lowest BCUT2D eigenvalue weighted by molar-refractivity contribution is -0.146. The van der Waals surface area contributed by atoms with Gasteiger partial charge in [0.05, 0.1) is 5.75 Å². The zero-order valence-electron chi connectivity index (χ0n) is 16.0. The second kappa shape index (κ2) is 8.16. The van der Waals surface area contributed by atoms with E-state index < -0.39 is 5.54 Å². The molecule has 1 aliphatic rings. The minimum absolute atomic E-state index is 0.0469. The molecule has 0 bridgehead atoms. The fourth-order valence-electron chi connectivity index (χ4n) is 3.98. The molecule has 0 spiro atoms. The van der Waals surface area contributed by atoms with Crippen LogP contribution in [0.25, 0.3) is 5.65 Å². The SMILES string of the molecule is CN(C(=O)CSc1nnc2ccccn12)[C@@]1(c2ccccc2Cl)CCCCC1=O. The average molecular weight is 429 g/mol. The second-order valence-electron chi connectivity index (χ2n) is 7.12. The van der Waals surface area contributed by atoms with Crippen LogP contribution in [0.3, 0.4) is 0 Å². The summed E-state index contributed by atoms with van der Waals surface area (Å²) in [4.78, 5) is 27.9. The van der Waals surface area contributed by atoms with Crippen LogP contribution in [0.4, 0.5) is 0 Å². The Labute approximate surface area is 178 Å². The van der Waals surface area contributed by atoms with Crippen molar-refractivity contribution in [3.63, 3.8) is 0 Å². The van der Waals surface area contributed by atoms with E-state index in [0.29, 0.717) is 28.6 Å². The quantitative estimate of drug-likeness (QED) is 0.575. The first-order chi connectivity index (χ1) is 14.0. The van der Waals surface area contributed by atoms with Crippen molar-refractivity contribution in [2.45, 2.75) is 36.4 Å². The van der Waals surface area contributed by atoms with Crippen molar-refractivity contribution in [3.05, 3.63) is 59.2 Å². The first-order valence-corrected chi connectivity index (χ1v) is 10.9. The molecule has 4 rings (SSSR count). The van der Waals surface area contributed by atoms with E-state index in [1.807, 2.05) is 47.0 Å². The number of likely N-dealkylation sites (N-methyl/N-ethyl adjacent to an activating group) is 1. The lowest BCUT2D eigenvalue weighted by Gasteiger charge is -2.44. The monoisotopic (exact) mass is 428 g/mol. The van der Waals surface area contributed by atoms with Gasteiger partial charge in [-0.2, -0.15) is 0 Å². The Morgan fingerprint density at radius 3 is 2.79 bits per heavy atom. The van der Waals surface area contributed by atoms with Crippen LogP contribution >= 0.6 is 23.4 Å². The number of halogens is 1. The number of amides is 1. The van der Waals surface area contributed by atoms with E-state index in [-0.39, 0.29) is 17.4 Å². The Kier molecular flexibility index (Phi) is 5.61. The Morgan fingerprint density at radius 2 is 2.00 bits per heavy atom. The van der Waals surface area contributed by atoms with Gasteiger partial charge in [0.1, 0.15) is 5.54 Å². The van der Waals surface area contributed by atoms with Crippen molar-refractivity contribution in [2.24, 2.45) is 0 Å². The van der Waals surface area contributed by atoms with Gasteiger partial charge in [0.2, 0.25) is 5.91 Å². The summed E-state index contributed by atoms with van der Waals surface area (Å²) in [5.74, 6) is 0.0644. The van der Waals surface area contributed by atoms with Gasteiger partial charge in [-0.05, 0) is 37.5 Å². The summed E-state index contributed by atoms with van der Waals surface area (Å²) in [6, 6.07) is 13.0. The number of fused-ring (bicyclic) bond motifs is 1. The van der Waals surface area contributed by atoms with Crippen LogP contribution in [0, 0.1) is 0 Å². The van der Waals surface area contributed by atoms with E-state index in [9.17, 15) is 9.59 Å². The molecule has 1 aromatic carbocycles. The molecule has 6 nitrogen and oxygen atoms in total. The molecule has 1 saturated carbocycles. The number of hydrogen-bond acceptors (Lipinski definition) is 5. The molecule has 3 aromatic rings. The maximum absolute atomic E-state index is 13.2. The summed E-state index contributed by atoms with van der Waals surface area (Å²) in [5, 5.41) is 9.43. The van der Waals surface area contributed by atoms with E-state index in [2.05, 4.69) is 10.2 Å². The lowest BCUT2D eigenvalue weighted by Crippen LogP contribution is -2.54. The fourth-order valence-corrected chi connectivity index (χ4v) is 5.11. The zero-order valence-corrected chi connectivity index (χ0v) is 17.6. The van der Waals surface area contributed by atoms with E-state index >= 15 is 0 Å². The molecule has 1 aliphatic carbocycles. The Hall–Kier alpha value is -2.38. The third-order valence-electron chi connectivity index (χ3n) is 5.53. The third kappa shape index (κ3) is 3.53. The highest BCUT2D eigenvalue weighted by molar-refractivity contribution is 7.99. The number of benzene rings is 1. The largest absolute Gasteiger partial charge is 0.328 e. The van der Waals surface area contributed by atoms with Crippen LogP contribution < -0.4 is 0 Å². The first-order valence-electron chi connectivity index (χ1n) is 9.51. The molecule has 0 N–H and O–H groups in total. The number of hydrogen-bond donors (Lipinski definition) is 0. The van der Waals surface area contributed by atoms with Gasteiger partial charge in [0.25, 0.3) is 0 Å². The van der Waals surface area contributed by atoms with E-state index in [1.165, 1.54) is 11.8 Å². The van der Waals surface area contributed by atoms with Crippen molar-refractivity contribution < 1.29 is 9.59 Å². The Bertz CT molecular complexity index is 1070. The molecule has 0 aliphatic heterocycles. The van der Waals surface area contributed by atoms with Crippen molar-refractivity contribution in [3.8, 4) is 0 Å². The number of rotatable bonds is 5. The maximum atomic E-state index is 13.2.